The minimum absolute atomic E-state index is 0.0147. The normalized spacial score (nSPS) is 13.3. The van der Waals surface area contributed by atoms with Gasteiger partial charge in [-0.05, 0) is 46.7 Å². The Morgan fingerprint density at radius 1 is 1.11 bits per heavy atom. The zero-order valence-corrected chi connectivity index (χ0v) is 17.2. The minimum Gasteiger partial charge on any atom is -0.507 e. The van der Waals surface area contributed by atoms with Gasteiger partial charge in [-0.2, -0.15) is 0 Å². The van der Waals surface area contributed by atoms with Gasteiger partial charge >= 0.3 is 0 Å². The molecule has 0 radical (unpaired) electrons. The second kappa shape index (κ2) is 8.57. The van der Waals surface area contributed by atoms with E-state index in [4.69, 9.17) is 4.74 Å². The molecule has 0 saturated heterocycles. The molecule has 2 N–H and O–H groups in total. The fourth-order valence-corrected chi connectivity index (χ4v) is 2.79. The monoisotopic (exact) mass is 369 g/mol. The molecule has 2 aromatic rings. The Hall–Kier alpha value is -2.33. The van der Waals surface area contributed by atoms with Crippen molar-refractivity contribution in [3.63, 3.8) is 0 Å². The number of phenolic OH excluding ortho intramolecular Hbond substituents is 1. The Morgan fingerprint density at radius 2 is 1.74 bits per heavy atom. The van der Waals surface area contributed by atoms with Crippen molar-refractivity contribution in [2.45, 2.75) is 46.1 Å². The van der Waals surface area contributed by atoms with Crippen LogP contribution >= 0.6 is 0 Å². The van der Waals surface area contributed by atoms with E-state index in [0.29, 0.717) is 5.56 Å². The predicted octanol–water partition coefficient (Wildman–Crippen LogP) is 4.80. The van der Waals surface area contributed by atoms with Gasteiger partial charge < -0.3 is 14.9 Å². The van der Waals surface area contributed by atoms with E-state index >= 15 is 0 Å². The zero-order chi connectivity index (χ0) is 20.2. The van der Waals surface area contributed by atoms with Crippen LogP contribution in [0.1, 0.15) is 45.7 Å². The number of aliphatic imine (C=N–C) groups is 1. The first kappa shape index (κ1) is 21.0. The summed E-state index contributed by atoms with van der Waals surface area (Å²) in [5.74, 6) is 1.19. The quantitative estimate of drug-likeness (QED) is 0.719. The molecule has 0 spiro atoms. The summed E-state index contributed by atoms with van der Waals surface area (Å²) in [5, 5.41) is 20.4. The van der Waals surface area contributed by atoms with Gasteiger partial charge in [0.25, 0.3) is 0 Å². The molecule has 146 valence electrons. The highest BCUT2D eigenvalue weighted by atomic mass is 16.5. The summed E-state index contributed by atoms with van der Waals surface area (Å²) in [6.45, 7) is 10.5. The minimum atomic E-state index is -0.188. The maximum Gasteiger partial charge on any atom is 0.132 e. The maximum absolute atomic E-state index is 10.9. The number of methoxy groups -OCH3 is 1. The third kappa shape index (κ3) is 5.10. The Kier molecular flexibility index (Phi) is 6.66. The van der Waals surface area contributed by atoms with Gasteiger partial charge in [0.2, 0.25) is 0 Å². The van der Waals surface area contributed by atoms with Gasteiger partial charge in [0.1, 0.15) is 11.5 Å². The first-order valence-electron chi connectivity index (χ1n) is 9.33. The van der Waals surface area contributed by atoms with Gasteiger partial charge in [0.15, 0.2) is 0 Å². The third-order valence-corrected chi connectivity index (χ3v) is 4.77. The summed E-state index contributed by atoms with van der Waals surface area (Å²) < 4.78 is 5.23. The van der Waals surface area contributed by atoms with Gasteiger partial charge in [0.05, 0.1) is 19.8 Å². The molecule has 0 amide bonds. The van der Waals surface area contributed by atoms with Gasteiger partial charge in [-0.1, -0.05) is 46.8 Å². The summed E-state index contributed by atoms with van der Waals surface area (Å²) in [4.78, 5) is 4.50. The fourth-order valence-electron chi connectivity index (χ4n) is 2.79. The summed E-state index contributed by atoms with van der Waals surface area (Å²) in [7, 11) is 1.63. The summed E-state index contributed by atoms with van der Waals surface area (Å²) >= 11 is 0. The molecule has 2 rings (SSSR count). The molecular formula is C23H31NO3. The van der Waals surface area contributed by atoms with Crippen LogP contribution in [0.2, 0.25) is 0 Å². The van der Waals surface area contributed by atoms with Crippen LogP contribution in [0.25, 0.3) is 11.1 Å². The topological polar surface area (TPSA) is 62.0 Å². The second-order valence-corrected chi connectivity index (χ2v) is 8.21. The number of hydrogen-bond acceptors (Lipinski definition) is 4. The molecule has 0 heterocycles. The smallest absolute Gasteiger partial charge is 0.132 e. The van der Waals surface area contributed by atoms with E-state index < -0.39 is 0 Å². The van der Waals surface area contributed by atoms with E-state index in [9.17, 15) is 10.2 Å². The van der Waals surface area contributed by atoms with Crippen molar-refractivity contribution in [2.24, 2.45) is 10.9 Å². The lowest BCUT2D eigenvalue weighted by Crippen LogP contribution is -2.18. The number of ether oxygens (including phenoxy) is 1. The van der Waals surface area contributed by atoms with Crippen LogP contribution < -0.4 is 4.74 Å². The molecule has 27 heavy (non-hydrogen) atoms. The van der Waals surface area contributed by atoms with Crippen LogP contribution in [0.15, 0.2) is 41.4 Å². The number of aliphatic hydroxyl groups is 1. The van der Waals surface area contributed by atoms with Gasteiger partial charge in [-0.25, -0.2) is 0 Å². The van der Waals surface area contributed by atoms with E-state index in [1.807, 2.05) is 50.2 Å². The van der Waals surface area contributed by atoms with Crippen molar-refractivity contribution in [3.8, 4) is 22.6 Å². The van der Waals surface area contributed by atoms with Gasteiger partial charge in [-0.15, -0.1) is 0 Å². The number of hydrogen-bond donors (Lipinski definition) is 2. The van der Waals surface area contributed by atoms with Gasteiger partial charge in [0, 0.05) is 17.3 Å². The van der Waals surface area contributed by atoms with E-state index in [2.05, 4.69) is 25.8 Å². The highest BCUT2D eigenvalue weighted by molar-refractivity contribution is 5.89. The van der Waals surface area contributed by atoms with Gasteiger partial charge in [-0.3, -0.25) is 4.99 Å². The molecule has 0 fully saturated rings. The van der Waals surface area contributed by atoms with E-state index in [-0.39, 0.29) is 29.7 Å². The average molecular weight is 370 g/mol. The Morgan fingerprint density at radius 3 is 2.22 bits per heavy atom. The van der Waals surface area contributed by atoms with Crippen LogP contribution in [0, 0.1) is 5.92 Å². The number of aliphatic hydroxyl groups excluding tert-OH is 1. The molecule has 2 aromatic carbocycles. The first-order chi connectivity index (χ1) is 12.7. The average Bonchev–Trinajstić information content (AvgIpc) is 2.62. The zero-order valence-electron chi connectivity index (χ0n) is 17.2. The lowest BCUT2D eigenvalue weighted by molar-refractivity contribution is 0.240. The number of rotatable bonds is 6. The van der Waals surface area contributed by atoms with Crippen molar-refractivity contribution in [1.29, 1.82) is 0 Å². The Balaban J connectivity index is 2.57. The molecule has 0 saturated carbocycles. The van der Waals surface area contributed by atoms with Crippen molar-refractivity contribution < 1.29 is 14.9 Å². The van der Waals surface area contributed by atoms with Crippen LogP contribution in [-0.4, -0.2) is 36.2 Å². The molecule has 1 atom stereocenters. The predicted molar refractivity (Wildman–Crippen MR) is 112 cm³/mol. The van der Waals surface area contributed by atoms with E-state index in [1.165, 1.54) is 0 Å². The number of aromatic hydroxyl groups is 1. The Bertz CT molecular complexity index is 787. The first-order valence-corrected chi connectivity index (χ1v) is 9.33. The van der Waals surface area contributed by atoms with Crippen LogP contribution in [-0.2, 0) is 5.41 Å². The van der Waals surface area contributed by atoms with Crippen molar-refractivity contribution in [3.05, 3.63) is 47.5 Å². The Labute approximate surface area is 162 Å². The SMILES string of the molecule is COc1ccc(-c2cc(C(C)(C)C)cc(C=N[C@H](CO)C(C)C)c2O)cc1. The standard InChI is InChI=1S/C23H31NO3/c1-15(2)21(14-25)24-13-17-11-18(23(3,4)5)12-20(22(17)26)16-7-9-19(27-6)10-8-16/h7-13,15,21,25-26H,14H2,1-6H3/t21-/m1/s1. The molecule has 0 unspecified atom stereocenters. The number of benzene rings is 2. The van der Waals surface area contributed by atoms with Crippen LogP contribution in [0.5, 0.6) is 11.5 Å². The number of nitrogens with zero attached hydrogens (tertiary/aromatic N) is 1. The summed E-state index contributed by atoms with van der Waals surface area (Å²) in [6.07, 6.45) is 1.68. The van der Waals surface area contributed by atoms with Crippen LogP contribution in [0.3, 0.4) is 0 Å². The largest absolute Gasteiger partial charge is 0.507 e. The second-order valence-electron chi connectivity index (χ2n) is 8.21. The van der Waals surface area contributed by atoms with E-state index in [0.717, 1.165) is 22.4 Å². The molecular weight excluding hydrogens is 338 g/mol. The fraction of sp³-hybridized carbons (Fsp3) is 0.435. The maximum atomic E-state index is 10.9. The lowest BCUT2D eigenvalue weighted by Gasteiger charge is -2.22. The van der Waals surface area contributed by atoms with Crippen molar-refractivity contribution in [2.75, 3.05) is 13.7 Å². The van der Waals surface area contributed by atoms with Crippen molar-refractivity contribution >= 4 is 6.21 Å². The third-order valence-electron chi connectivity index (χ3n) is 4.77. The van der Waals surface area contributed by atoms with Crippen molar-refractivity contribution in [1.82, 2.24) is 0 Å². The van der Waals surface area contributed by atoms with Crippen LogP contribution in [0.4, 0.5) is 0 Å². The summed E-state index contributed by atoms with van der Waals surface area (Å²) in [6, 6.07) is 11.4. The molecule has 4 heteroatoms. The lowest BCUT2D eigenvalue weighted by atomic mass is 9.84. The molecule has 4 nitrogen and oxygen atoms in total. The molecule has 0 bridgehead atoms. The molecule has 0 aliphatic rings. The van der Waals surface area contributed by atoms with E-state index in [1.54, 1.807) is 13.3 Å². The highest BCUT2D eigenvalue weighted by Crippen LogP contribution is 2.37. The molecule has 0 aromatic heterocycles. The summed E-state index contributed by atoms with van der Waals surface area (Å²) in [5.41, 5.74) is 3.37. The number of phenols is 1. The molecule has 0 aliphatic heterocycles. The molecule has 0 aliphatic carbocycles. The highest BCUT2D eigenvalue weighted by Gasteiger charge is 2.19.